The number of anilines is 1. The van der Waals surface area contributed by atoms with Crippen LogP contribution in [0.3, 0.4) is 0 Å². The van der Waals surface area contributed by atoms with Crippen molar-refractivity contribution in [2.45, 2.75) is 64.0 Å². The fraction of sp³-hybridized carbons (Fsp3) is 0.812. The summed E-state index contributed by atoms with van der Waals surface area (Å²) in [6, 6.07) is 1.35. The van der Waals surface area contributed by atoms with Crippen molar-refractivity contribution < 1.29 is 0 Å². The molecule has 0 radical (unpaired) electrons. The summed E-state index contributed by atoms with van der Waals surface area (Å²) in [5, 5.41) is 12.1. The van der Waals surface area contributed by atoms with Crippen LogP contribution in [-0.2, 0) is 13.5 Å². The third-order valence-electron chi connectivity index (χ3n) is 5.02. The Labute approximate surface area is 122 Å². The zero-order chi connectivity index (χ0) is 13.9. The Kier molecular flexibility index (Phi) is 4.29. The Hall–Kier alpha value is -1.03. The van der Waals surface area contributed by atoms with Gasteiger partial charge in [-0.05, 0) is 44.6 Å². The molecule has 3 unspecified atom stereocenters. The number of hydrogen-bond acceptors (Lipinski definition) is 3. The molecule has 4 nitrogen and oxygen atoms in total. The van der Waals surface area contributed by atoms with E-state index in [9.17, 15) is 0 Å². The predicted molar refractivity (Wildman–Crippen MR) is 83.0 cm³/mol. The highest BCUT2D eigenvalue weighted by Gasteiger charge is 2.33. The third kappa shape index (κ3) is 2.85. The summed E-state index contributed by atoms with van der Waals surface area (Å²) in [5.74, 6) is 0.788. The van der Waals surface area contributed by atoms with E-state index in [1.807, 2.05) is 11.7 Å². The van der Waals surface area contributed by atoms with Gasteiger partial charge in [-0.15, -0.1) is 0 Å². The lowest BCUT2D eigenvalue weighted by Gasteiger charge is -2.36. The summed E-state index contributed by atoms with van der Waals surface area (Å²) >= 11 is 0. The summed E-state index contributed by atoms with van der Waals surface area (Å²) in [5.41, 5.74) is 2.46. The number of aryl methyl sites for hydroxylation is 2. The van der Waals surface area contributed by atoms with Crippen molar-refractivity contribution in [3.63, 3.8) is 0 Å². The second-order valence-corrected chi connectivity index (χ2v) is 6.42. The number of hydrogen-bond donors (Lipinski definition) is 2. The molecule has 2 heterocycles. The van der Waals surface area contributed by atoms with Gasteiger partial charge in [-0.25, -0.2) is 0 Å². The van der Waals surface area contributed by atoms with Crippen molar-refractivity contribution >= 4 is 5.69 Å². The lowest BCUT2D eigenvalue weighted by Crippen LogP contribution is -2.43. The fourth-order valence-electron chi connectivity index (χ4n) is 4.01. The molecule has 2 aliphatic rings. The first-order valence-electron chi connectivity index (χ1n) is 8.30. The van der Waals surface area contributed by atoms with Crippen LogP contribution in [0.2, 0.25) is 0 Å². The maximum atomic E-state index is 4.56. The van der Waals surface area contributed by atoms with E-state index in [1.165, 1.54) is 56.5 Å². The highest BCUT2D eigenvalue weighted by Crippen LogP contribution is 2.33. The highest BCUT2D eigenvalue weighted by molar-refractivity contribution is 5.47. The quantitative estimate of drug-likeness (QED) is 0.888. The molecule has 20 heavy (non-hydrogen) atoms. The first-order chi connectivity index (χ1) is 9.78. The van der Waals surface area contributed by atoms with E-state index in [1.54, 1.807) is 0 Å². The molecule has 112 valence electrons. The molecule has 0 aromatic carbocycles. The molecular formula is C16H28N4. The van der Waals surface area contributed by atoms with Gasteiger partial charge in [0, 0.05) is 25.3 Å². The Balaban J connectivity index is 1.72. The molecule has 0 bridgehead atoms. The van der Waals surface area contributed by atoms with Crippen LogP contribution in [-0.4, -0.2) is 28.4 Å². The Bertz CT molecular complexity index is 434. The van der Waals surface area contributed by atoms with Crippen LogP contribution in [0.15, 0.2) is 6.20 Å². The van der Waals surface area contributed by atoms with E-state index < -0.39 is 0 Å². The largest absolute Gasteiger partial charge is 0.379 e. The van der Waals surface area contributed by atoms with Gasteiger partial charge >= 0.3 is 0 Å². The molecule has 0 amide bonds. The van der Waals surface area contributed by atoms with Crippen LogP contribution < -0.4 is 10.6 Å². The molecule has 1 aromatic heterocycles. The van der Waals surface area contributed by atoms with E-state index in [0.717, 1.165) is 18.4 Å². The fourth-order valence-corrected chi connectivity index (χ4v) is 4.01. The number of aromatic nitrogens is 2. The van der Waals surface area contributed by atoms with Gasteiger partial charge in [-0.2, -0.15) is 5.10 Å². The van der Waals surface area contributed by atoms with Crippen LogP contribution in [0.4, 0.5) is 5.69 Å². The SMILES string of the molecule is CCc1nn(C)cc1NC1CCCCC1C1CCCN1. The predicted octanol–water partition coefficient (Wildman–Crippen LogP) is 2.71. The Morgan fingerprint density at radius 2 is 2.15 bits per heavy atom. The first kappa shape index (κ1) is 13.9. The van der Waals surface area contributed by atoms with Crippen LogP contribution in [0.25, 0.3) is 0 Å². The Morgan fingerprint density at radius 3 is 2.90 bits per heavy atom. The van der Waals surface area contributed by atoms with Crippen molar-refractivity contribution in [1.29, 1.82) is 0 Å². The first-order valence-corrected chi connectivity index (χ1v) is 8.30. The van der Waals surface area contributed by atoms with Gasteiger partial charge in [-0.1, -0.05) is 19.8 Å². The summed E-state index contributed by atoms with van der Waals surface area (Å²) in [6.07, 6.45) is 11.3. The monoisotopic (exact) mass is 276 g/mol. The van der Waals surface area contributed by atoms with Gasteiger partial charge in [-0.3, -0.25) is 4.68 Å². The molecule has 3 rings (SSSR count). The molecule has 3 atom stereocenters. The molecule has 4 heteroatoms. The van der Waals surface area contributed by atoms with Gasteiger partial charge in [0.15, 0.2) is 0 Å². The zero-order valence-corrected chi connectivity index (χ0v) is 12.9. The van der Waals surface area contributed by atoms with Gasteiger partial charge < -0.3 is 10.6 Å². The van der Waals surface area contributed by atoms with E-state index in [4.69, 9.17) is 0 Å². The van der Waals surface area contributed by atoms with Crippen molar-refractivity contribution in [3.8, 4) is 0 Å². The maximum absolute atomic E-state index is 4.56. The Morgan fingerprint density at radius 1 is 1.30 bits per heavy atom. The van der Waals surface area contributed by atoms with Gasteiger partial charge in [0.2, 0.25) is 0 Å². The molecule has 0 spiro atoms. The van der Waals surface area contributed by atoms with E-state index in [0.29, 0.717) is 6.04 Å². The summed E-state index contributed by atoms with van der Waals surface area (Å²) < 4.78 is 1.94. The second-order valence-electron chi connectivity index (χ2n) is 6.42. The standard InChI is InChI=1S/C16H28N4/c1-3-13-16(11-20(2)19-13)18-15-8-5-4-7-12(15)14-9-6-10-17-14/h11-12,14-15,17-18H,3-10H2,1-2H3. The summed E-state index contributed by atoms with van der Waals surface area (Å²) in [7, 11) is 2.02. The minimum Gasteiger partial charge on any atom is -0.379 e. The van der Waals surface area contributed by atoms with Gasteiger partial charge in [0.05, 0.1) is 11.4 Å². The normalized spacial score (nSPS) is 30.6. The van der Waals surface area contributed by atoms with E-state index in [2.05, 4.69) is 28.9 Å². The topological polar surface area (TPSA) is 41.9 Å². The summed E-state index contributed by atoms with van der Waals surface area (Å²) in [6.45, 7) is 3.39. The smallest absolute Gasteiger partial charge is 0.0853 e. The average Bonchev–Trinajstić information content (AvgIpc) is 3.09. The molecule has 2 N–H and O–H groups in total. The molecule has 2 fully saturated rings. The third-order valence-corrected chi connectivity index (χ3v) is 5.02. The number of rotatable bonds is 4. The van der Waals surface area contributed by atoms with Crippen molar-refractivity contribution in [3.05, 3.63) is 11.9 Å². The van der Waals surface area contributed by atoms with E-state index in [-0.39, 0.29) is 0 Å². The number of nitrogens with zero attached hydrogens (tertiary/aromatic N) is 2. The molecule has 1 saturated carbocycles. The highest BCUT2D eigenvalue weighted by atomic mass is 15.3. The zero-order valence-electron chi connectivity index (χ0n) is 12.9. The summed E-state index contributed by atoms with van der Waals surface area (Å²) in [4.78, 5) is 0. The minimum absolute atomic E-state index is 0.619. The second kappa shape index (κ2) is 6.17. The minimum atomic E-state index is 0.619. The average molecular weight is 276 g/mol. The van der Waals surface area contributed by atoms with Gasteiger partial charge in [0.25, 0.3) is 0 Å². The molecule has 1 aliphatic carbocycles. The van der Waals surface area contributed by atoms with Gasteiger partial charge in [0.1, 0.15) is 0 Å². The maximum Gasteiger partial charge on any atom is 0.0853 e. The van der Waals surface area contributed by atoms with E-state index >= 15 is 0 Å². The number of nitrogens with one attached hydrogen (secondary N) is 2. The lowest BCUT2D eigenvalue weighted by atomic mass is 9.79. The van der Waals surface area contributed by atoms with Crippen molar-refractivity contribution in [1.82, 2.24) is 15.1 Å². The van der Waals surface area contributed by atoms with Crippen LogP contribution in [0.1, 0.15) is 51.1 Å². The van der Waals surface area contributed by atoms with Crippen molar-refractivity contribution in [2.75, 3.05) is 11.9 Å². The molecule has 1 saturated heterocycles. The molecule has 1 aliphatic heterocycles. The molecular weight excluding hydrogens is 248 g/mol. The molecule has 1 aromatic rings. The lowest BCUT2D eigenvalue weighted by molar-refractivity contribution is 0.262. The van der Waals surface area contributed by atoms with Crippen LogP contribution >= 0.6 is 0 Å². The van der Waals surface area contributed by atoms with Crippen molar-refractivity contribution in [2.24, 2.45) is 13.0 Å². The van der Waals surface area contributed by atoms with Crippen LogP contribution in [0.5, 0.6) is 0 Å². The van der Waals surface area contributed by atoms with Crippen LogP contribution in [0, 0.1) is 5.92 Å².